The molecule has 3 heterocycles. The molecule has 3 aliphatic rings. The first-order valence-electron chi connectivity index (χ1n) is 49.1. The van der Waals surface area contributed by atoms with Gasteiger partial charge in [0.25, 0.3) is 0 Å². The molecule has 1 N–H and O–H groups in total. The predicted octanol–water partition coefficient (Wildman–Crippen LogP) is 36.8. The van der Waals surface area contributed by atoms with Gasteiger partial charge in [0, 0.05) is 96.1 Å². The minimum absolute atomic E-state index is 0. The number of anilines is 6. The molecule has 22 aromatic rings. The van der Waals surface area contributed by atoms with E-state index in [1.165, 1.54) is 173 Å². The Hall–Kier alpha value is -16.8. The second-order valence-corrected chi connectivity index (χ2v) is 38.3. The maximum Gasteiger partial charge on any atom is 0.569 e. The van der Waals surface area contributed by atoms with E-state index in [1.807, 2.05) is 54.6 Å². The molecule has 0 spiro atoms. The van der Waals surface area contributed by atoms with E-state index in [9.17, 15) is 0 Å². The van der Waals surface area contributed by atoms with Crippen LogP contribution in [0.2, 0.25) is 5.02 Å². The Balaban J connectivity index is 0.000000134. The SMILES string of the molecule is C.C1CCOC1.C=Cc1ccc(-c2ccc3c(c2)c2cc(-c4ccc(-c5ccc(N(c6ccc(-c7ccccc7)cc6)c6ccc7c(c6)C(C)(C)c6ccccc6-7)cc5)cc4)ccc2n3-c2ccccc2)cc1.C=Cc1ccc(-c2ccc3c(c2)c2cc(-c4ccc(Cl)cc4)ccc2n3-c2ccccc2)cc1.CC1(C)c2ccccc2-c2ccc(N(c3ccc(O[B]O)cc3)c3ccc(-c4ccccc4)cc3)cc21. The first kappa shape index (κ1) is 93.5. The first-order chi connectivity index (χ1) is 70.2. The summed E-state index contributed by atoms with van der Waals surface area (Å²) in [6, 6.07) is 170. The van der Waals surface area contributed by atoms with Crippen LogP contribution in [0.3, 0.4) is 0 Å². The summed E-state index contributed by atoms with van der Waals surface area (Å²) in [5.74, 6) is 0.580. The van der Waals surface area contributed by atoms with E-state index in [1.54, 1.807) is 0 Å². The van der Waals surface area contributed by atoms with Crippen molar-refractivity contribution >= 4 is 109 Å². The number of ether oxygens (including phenoxy) is 1. The number of para-hydroxylation sites is 2. The highest BCUT2D eigenvalue weighted by Gasteiger charge is 2.38. The van der Waals surface area contributed by atoms with Gasteiger partial charge in [-0.2, -0.15) is 0 Å². The van der Waals surface area contributed by atoms with E-state index < -0.39 is 0 Å². The van der Waals surface area contributed by atoms with Gasteiger partial charge in [-0.25, -0.2) is 0 Å². The molecule has 1 radical (unpaired) electrons. The summed E-state index contributed by atoms with van der Waals surface area (Å²) >= 11 is 6.13. The molecule has 0 atom stereocenters. The number of rotatable bonds is 19. The molecule has 0 unspecified atom stereocenters. The number of nitrogens with zero attached hydrogens (tertiary/aromatic N) is 4. The molecule has 25 rings (SSSR count). The lowest BCUT2D eigenvalue weighted by atomic mass is 9.82. The van der Waals surface area contributed by atoms with E-state index in [0.29, 0.717) is 13.4 Å². The fourth-order valence-electron chi connectivity index (χ4n) is 21.1. The second-order valence-electron chi connectivity index (χ2n) is 37.9. The van der Waals surface area contributed by atoms with Gasteiger partial charge >= 0.3 is 7.69 Å². The van der Waals surface area contributed by atoms with Gasteiger partial charge in [-0.05, 0) is 316 Å². The highest BCUT2D eigenvalue weighted by atomic mass is 35.5. The average molecular weight is 1880 g/mol. The van der Waals surface area contributed by atoms with Crippen molar-refractivity contribution in [1.82, 2.24) is 9.13 Å². The fourth-order valence-corrected chi connectivity index (χ4v) is 21.2. The molecule has 2 aromatic heterocycles. The minimum Gasteiger partial charge on any atom is -0.537 e. The fraction of sp³-hybridized carbons (Fsp3) is 0.0815. The zero-order valence-electron chi connectivity index (χ0n) is 80.4. The molecule has 1 fully saturated rings. The van der Waals surface area contributed by atoms with Crippen molar-refractivity contribution < 1.29 is 14.4 Å². The van der Waals surface area contributed by atoms with Crippen LogP contribution in [0.25, 0.3) is 167 Å². The van der Waals surface area contributed by atoms with Crippen LogP contribution in [0.15, 0.2) is 486 Å². The molecule has 1 aliphatic heterocycles. The molecule has 0 bridgehead atoms. The summed E-state index contributed by atoms with van der Waals surface area (Å²) in [7, 11) is 0.704. The third-order valence-corrected chi connectivity index (χ3v) is 28.9. The van der Waals surface area contributed by atoms with Gasteiger partial charge in [0.05, 0.1) is 22.1 Å². The number of hydrogen-bond acceptors (Lipinski definition) is 5. The Morgan fingerprint density at radius 1 is 0.285 bits per heavy atom. The van der Waals surface area contributed by atoms with Gasteiger partial charge < -0.3 is 33.3 Å². The number of hydrogen-bond donors (Lipinski definition) is 1. The van der Waals surface area contributed by atoms with Crippen molar-refractivity contribution in [2.24, 2.45) is 0 Å². The zero-order valence-corrected chi connectivity index (χ0v) is 81.2. The summed E-state index contributed by atoms with van der Waals surface area (Å²) in [5, 5.41) is 14.7. The zero-order chi connectivity index (χ0) is 97.1. The highest BCUT2D eigenvalue weighted by Crippen LogP contribution is 2.54. The maximum absolute atomic E-state index is 9.03. The number of benzene rings is 20. The molecule has 20 aromatic carbocycles. The molecule has 9 heteroatoms. The first-order valence-corrected chi connectivity index (χ1v) is 49.5. The van der Waals surface area contributed by atoms with Gasteiger partial charge in [-0.1, -0.05) is 375 Å². The van der Waals surface area contributed by atoms with Crippen molar-refractivity contribution in [3.63, 3.8) is 0 Å². The number of halogens is 1. The summed E-state index contributed by atoms with van der Waals surface area (Å²) in [6.07, 6.45) is 6.32. The van der Waals surface area contributed by atoms with Gasteiger partial charge in [0.1, 0.15) is 5.75 Å². The Morgan fingerprint density at radius 2 is 0.542 bits per heavy atom. The van der Waals surface area contributed by atoms with Crippen LogP contribution >= 0.6 is 11.6 Å². The van der Waals surface area contributed by atoms with Crippen molar-refractivity contribution in [3.8, 4) is 117 Å². The quantitative estimate of drug-likeness (QED) is 0.0818. The van der Waals surface area contributed by atoms with E-state index in [2.05, 4.69) is 490 Å². The van der Waals surface area contributed by atoms with E-state index in [0.717, 1.165) is 80.4 Å². The van der Waals surface area contributed by atoms with Crippen molar-refractivity contribution in [2.45, 2.75) is 58.8 Å². The lowest BCUT2D eigenvalue weighted by Crippen LogP contribution is -2.16. The lowest BCUT2D eigenvalue weighted by molar-refractivity contribution is 0.198. The van der Waals surface area contributed by atoms with Crippen molar-refractivity contribution in [1.29, 1.82) is 0 Å². The molecule has 144 heavy (non-hydrogen) atoms. The average Bonchev–Trinajstić information content (AvgIpc) is 1.63. The van der Waals surface area contributed by atoms with Crippen molar-refractivity contribution in [2.75, 3.05) is 23.0 Å². The van der Waals surface area contributed by atoms with Gasteiger partial charge in [-0.15, -0.1) is 0 Å². The third-order valence-electron chi connectivity index (χ3n) is 28.6. The van der Waals surface area contributed by atoms with E-state index in [4.69, 9.17) is 26.0 Å². The Labute approximate surface area is 850 Å². The summed E-state index contributed by atoms with van der Waals surface area (Å²) in [4.78, 5) is 4.66. The van der Waals surface area contributed by atoms with Crippen LogP contribution in [0, 0.1) is 0 Å². The normalized spacial score (nSPS) is 12.6. The standard InChI is InChI=1S/C65H48N2.C33H27BNO2.C32H22ClN.C4H8O.CH4/c1-4-44-19-21-49(22-20-44)51-31-39-63-59(41-51)60-42-52(32-40-64(60)67(63)53-15-9-6-10-16-53)50-25-23-46(24-26-50)48-29-35-55(36-30-48)66(54-33-27-47(28-34-54)45-13-7-5-8-14-45)56-37-38-58-57-17-11-12-18-61(57)65(2,3)62(58)43-56;1-33(2)31-11-7-6-10-29(31)30-21-18-27(22-32(30)33)35(26-16-19-28(20-17-26)37-34-36)25-14-12-24(13-15-25)23-8-4-3-5-9-23;1-2-22-8-10-23(11-9-22)25-14-18-31-29(20-25)30-21-26(24-12-16-27(33)17-13-24)15-19-32(30)34(31)28-6-4-3-5-7-28;1-2-4-5-3-1;/h4-43H,1H2,2-3H3;3-22,36H,1-2H3;2-21H,1H2;1-4H2;1H4. The molecular formula is C135H109BClN4O3. The molecule has 0 saturated carbocycles. The highest BCUT2D eigenvalue weighted by molar-refractivity contribution is 6.30. The Bertz CT molecular complexity index is 8380. The topological polar surface area (TPSA) is 55.0 Å². The van der Waals surface area contributed by atoms with Crippen LogP contribution in [0.1, 0.15) is 81.3 Å². The Kier molecular flexibility index (Phi) is 26.5. The van der Waals surface area contributed by atoms with E-state index >= 15 is 0 Å². The molecule has 0 amide bonds. The minimum atomic E-state index is -0.101. The molecule has 2 aliphatic carbocycles. The summed E-state index contributed by atoms with van der Waals surface area (Å²) in [6.45, 7) is 19.1. The number of fused-ring (bicyclic) bond motifs is 12. The van der Waals surface area contributed by atoms with Crippen LogP contribution < -0.4 is 14.5 Å². The van der Waals surface area contributed by atoms with Crippen LogP contribution in [-0.4, -0.2) is 35.1 Å². The van der Waals surface area contributed by atoms with Crippen molar-refractivity contribution in [3.05, 3.63) is 525 Å². The van der Waals surface area contributed by atoms with Gasteiger partial charge in [0.15, 0.2) is 0 Å². The summed E-state index contributed by atoms with van der Waals surface area (Å²) < 4.78 is 14.8. The number of aromatic nitrogens is 2. The molecular weight excluding hydrogens is 1770 g/mol. The Morgan fingerprint density at radius 3 is 0.854 bits per heavy atom. The predicted molar refractivity (Wildman–Crippen MR) is 611 cm³/mol. The smallest absolute Gasteiger partial charge is 0.537 e. The maximum atomic E-state index is 9.03. The van der Waals surface area contributed by atoms with E-state index in [-0.39, 0.29) is 18.3 Å². The van der Waals surface area contributed by atoms with Gasteiger partial charge in [0.2, 0.25) is 0 Å². The van der Waals surface area contributed by atoms with Crippen LogP contribution in [-0.2, 0) is 15.6 Å². The lowest BCUT2D eigenvalue weighted by Gasteiger charge is -2.28. The molecule has 1 saturated heterocycles. The third kappa shape index (κ3) is 18.5. The van der Waals surface area contributed by atoms with Crippen LogP contribution in [0.4, 0.5) is 34.1 Å². The second kappa shape index (κ2) is 40.8. The monoisotopic (exact) mass is 1880 g/mol. The summed E-state index contributed by atoms with van der Waals surface area (Å²) in [5.41, 5.74) is 43.0. The largest absolute Gasteiger partial charge is 0.569 e. The van der Waals surface area contributed by atoms with Gasteiger partial charge in [-0.3, -0.25) is 0 Å². The molecule has 697 valence electrons. The molecule has 7 nitrogen and oxygen atoms in total. The van der Waals surface area contributed by atoms with Crippen LogP contribution in [0.5, 0.6) is 5.75 Å².